The normalized spacial score (nSPS) is 20.6. The number of halogens is 1. The second-order valence-electron chi connectivity index (χ2n) is 7.22. The van der Waals surface area contributed by atoms with Crippen molar-refractivity contribution in [3.63, 3.8) is 0 Å². The lowest BCUT2D eigenvalue weighted by molar-refractivity contribution is -0.130. The van der Waals surface area contributed by atoms with Crippen molar-refractivity contribution in [2.45, 2.75) is 38.2 Å². The molecule has 140 valence electrons. The number of carbonyl (C=O) groups excluding carboxylic acids is 1. The van der Waals surface area contributed by atoms with Gasteiger partial charge in [-0.1, -0.05) is 35.0 Å². The number of ether oxygens (including phenoxy) is 1. The maximum Gasteiger partial charge on any atom is 0.223 e. The number of rotatable bonds is 4. The highest BCUT2D eigenvalue weighted by Gasteiger charge is 2.42. The summed E-state index contributed by atoms with van der Waals surface area (Å²) in [6, 6.07) is 10.0. The van der Waals surface area contributed by atoms with Crippen molar-refractivity contribution < 1.29 is 9.53 Å². The highest BCUT2D eigenvalue weighted by atomic mass is 79.9. The standard InChI is InChI=1S/C22H23BrN2O2/c1-2-16-13-18(23)14-17-8-9-22(27-21(16)17)10-12-25(15-22)20(26)7-6-19-5-3-4-11-24-19/h3-5,8-9,11,13-14H,2,6-7,10,12,15H2,1H3. The number of aromatic nitrogens is 1. The van der Waals surface area contributed by atoms with Gasteiger partial charge in [-0.25, -0.2) is 0 Å². The molecule has 4 nitrogen and oxygen atoms in total. The fourth-order valence-electron chi connectivity index (χ4n) is 3.84. The summed E-state index contributed by atoms with van der Waals surface area (Å²) >= 11 is 3.57. The van der Waals surface area contributed by atoms with E-state index in [-0.39, 0.29) is 5.91 Å². The zero-order chi connectivity index (χ0) is 18.9. The number of hydrogen-bond acceptors (Lipinski definition) is 3. The van der Waals surface area contributed by atoms with E-state index in [2.05, 4.69) is 52.1 Å². The molecule has 1 aromatic heterocycles. The van der Waals surface area contributed by atoms with Gasteiger partial charge in [0.05, 0.1) is 6.54 Å². The molecule has 0 radical (unpaired) electrons. The SMILES string of the molecule is CCc1cc(Br)cc2c1OC1(C=C2)CCN(C(=O)CCc2ccccn2)C1. The molecule has 1 aromatic carbocycles. The minimum Gasteiger partial charge on any atom is -0.480 e. The highest BCUT2D eigenvalue weighted by Crippen LogP contribution is 2.40. The number of benzene rings is 1. The molecular formula is C22H23BrN2O2. The number of likely N-dealkylation sites (tertiary alicyclic amines) is 1. The van der Waals surface area contributed by atoms with Crippen LogP contribution in [0.25, 0.3) is 6.08 Å². The first-order chi connectivity index (χ1) is 13.1. The molecular weight excluding hydrogens is 404 g/mol. The van der Waals surface area contributed by atoms with Crippen molar-refractivity contribution in [1.82, 2.24) is 9.88 Å². The molecule has 0 aliphatic carbocycles. The number of carbonyl (C=O) groups is 1. The van der Waals surface area contributed by atoms with E-state index in [0.29, 0.717) is 19.4 Å². The zero-order valence-electron chi connectivity index (χ0n) is 15.5. The summed E-state index contributed by atoms with van der Waals surface area (Å²) in [4.78, 5) is 18.9. The number of nitrogens with zero attached hydrogens (tertiary/aromatic N) is 2. The topological polar surface area (TPSA) is 42.4 Å². The van der Waals surface area contributed by atoms with Crippen LogP contribution in [0.4, 0.5) is 0 Å². The summed E-state index contributed by atoms with van der Waals surface area (Å²) in [6.07, 6.45) is 8.96. The van der Waals surface area contributed by atoms with Gasteiger partial charge in [0.2, 0.25) is 5.91 Å². The van der Waals surface area contributed by atoms with Crippen molar-refractivity contribution in [1.29, 1.82) is 0 Å². The smallest absolute Gasteiger partial charge is 0.223 e. The largest absolute Gasteiger partial charge is 0.480 e. The van der Waals surface area contributed by atoms with Gasteiger partial charge in [-0.3, -0.25) is 9.78 Å². The molecule has 0 saturated carbocycles. The van der Waals surface area contributed by atoms with Crippen LogP contribution in [0.15, 0.2) is 47.1 Å². The number of amides is 1. The first-order valence-electron chi connectivity index (χ1n) is 9.47. The van der Waals surface area contributed by atoms with Crippen molar-refractivity contribution in [2.75, 3.05) is 13.1 Å². The minimum atomic E-state index is -0.397. The third-order valence-corrected chi connectivity index (χ3v) is 5.81. The zero-order valence-corrected chi connectivity index (χ0v) is 17.0. The summed E-state index contributed by atoms with van der Waals surface area (Å²) in [5, 5.41) is 0. The Hall–Kier alpha value is -2.14. The van der Waals surface area contributed by atoms with E-state index in [9.17, 15) is 4.79 Å². The van der Waals surface area contributed by atoms with Gasteiger partial charge in [-0.15, -0.1) is 0 Å². The number of pyridine rings is 1. The fourth-order valence-corrected chi connectivity index (χ4v) is 4.36. The Morgan fingerprint density at radius 1 is 1.37 bits per heavy atom. The second-order valence-corrected chi connectivity index (χ2v) is 8.14. The predicted octanol–water partition coefficient (Wildman–Crippen LogP) is 4.42. The Morgan fingerprint density at radius 3 is 3.04 bits per heavy atom. The van der Waals surface area contributed by atoms with E-state index < -0.39 is 5.60 Å². The van der Waals surface area contributed by atoms with Crippen LogP contribution in [0.5, 0.6) is 5.75 Å². The predicted molar refractivity (Wildman–Crippen MR) is 110 cm³/mol. The summed E-state index contributed by atoms with van der Waals surface area (Å²) in [5.41, 5.74) is 2.86. The lowest BCUT2D eigenvalue weighted by Crippen LogP contribution is -2.40. The van der Waals surface area contributed by atoms with Gasteiger partial charge >= 0.3 is 0 Å². The Morgan fingerprint density at radius 2 is 2.26 bits per heavy atom. The van der Waals surface area contributed by atoms with Crippen LogP contribution in [-0.2, 0) is 17.6 Å². The van der Waals surface area contributed by atoms with Crippen molar-refractivity contribution >= 4 is 27.9 Å². The van der Waals surface area contributed by atoms with Gasteiger partial charge in [0, 0.05) is 41.3 Å². The third-order valence-electron chi connectivity index (χ3n) is 5.35. The lowest BCUT2D eigenvalue weighted by atomic mass is 9.95. The minimum absolute atomic E-state index is 0.173. The van der Waals surface area contributed by atoms with E-state index in [1.165, 1.54) is 5.56 Å². The van der Waals surface area contributed by atoms with Crippen LogP contribution in [0.1, 0.15) is 36.6 Å². The van der Waals surface area contributed by atoms with Gasteiger partial charge in [-0.05, 0) is 48.7 Å². The Kier molecular flexibility index (Phi) is 5.04. The molecule has 1 atom stereocenters. The van der Waals surface area contributed by atoms with Gasteiger partial charge in [0.1, 0.15) is 11.4 Å². The number of fused-ring (bicyclic) bond motifs is 1. The molecule has 0 bridgehead atoms. The maximum atomic E-state index is 12.7. The molecule has 2 aromatic rings. The van der Waals surface area contributed by atoms with E-state index in [4.69, 9.17) is 4.74 Å². The molecule has 1 unspecified atom stereocenters. The van der Waals surface area contributed by atoms with Gasteiger partial charge in [0.15, 0.2) is 0 Å². The molecule has 2 aliphatic rings. The maximum absolute atomic E-state index is 12.7. The van der Waals surface area contributed by atoms with E-state index >= 15 is 0 Å². The highest BCUT2D eigenvalue weighted by molar-refractivity contribution is 9.10. The number of aryl methyl sites for hydroxylation is 2. The average Bonchev–Trinajstić information content (AvgIpc) is 3.10. The van der Waals surface area contributed by atoms with Crippen molar-refractivity contribution in [3.8, 4) is 5.75 Å². The third kappa shape index (κ3) is 3.79. The van der Waals surface area contributed by atoms with Crippen molar-refractivity contribution in [3.05, 3.63) is 63.9 Å². The van der Waals surface area contributed by atoms with Crippen LogP contribution in [0.2, 0.25) is 0 Å². The molecule has 5 heteroatoms. The van der Waals surface area contributed by atoms with Crippen LogP contribution in [-0.4, -0.2) is 34.5 Å². The Labute approximate surface area is 168 Å². The average molecular weight is 427 g/mol. The van der Waals surface area contributed by atoms with Crippen molar-refractivity contribution in [2.24, 2.45) is 0 Å². The lowest BCUT2D eigenvalue weighted by Gasteiger charge is -2.32. The first kappa shape index (κ1) is 18.2. The van der Waals surface area contributed by atoms with Gasteiger partial charge < -0.3 is 9.64 Å². The van der Waals surface area contributed by atoms with Crippen LogP contribution in [0.3, 0.4) is 0 Å². The summed E-state index contributed by atoms with van der Waals surface area (Å²) in [6.45, 7) is 3.49. The molecule has 1 fully saturated rings. The van der Waals surface area contributed by atoms with Gasteiger partial charge in [0.25, 0.3) is 0 Å². The van der Waals surface area contributed by atoms with Crippen LogP contribution in [0, 0.1) is 0 Å². The quantitative estimate of drug-likeness (QED) is 0.726. The first-order valence-corrected chi connectivity index (χ1v) is 10.3. The fraction of sp³-hybridized carbons (Fsp3) is 0.364. The second kappa shape index (κ2) is 7.47. The molecule has 1 spiro atoms. The van der Waals surface area contributed by atoms with E-state index in [1.54, 1.807) is 6.20 Å². The van der Waals surface area contributed by atoms with Gasteiger partial charge in [-0.2, -0.15) is 0 Å². The summed E-state index contributed by atoms with van der Waals surface area (Å²) < 4.78 is 7.56. The van der Waals surface area contributed by atoms with Crippen LogP contribution >= 0.6 is 15.9 Å². The molecule has 0 N–H and O–H groups in total. The Bertz CT molecular complexity index is 881. The molecule has 1 saturated heterocycles. The molecule has 27 heavy (non-hydrogen) atoms. The van der Waals surface area contributed by atoms with Crippen LogP contribution < -0.4 is 4.74 Å². The summed E-state index contributed by atoms with van der Waals surface area (Å²) in [5.74, 6) is 1.14. The monoisotopic (exact) mass is 426 g/mol. The molecule has 3 heterocycles. The van der Waals surface area contributed by atoms with E-state index in [0.717, 1.165) is 40.9 Å². The molecule has 2 aliphatic heterocycles. The molecule has 4 rings (SSSR count). The summed E-state index contributed by atoms with van der Waals surface area (Å²) in [7, 11) is 0. The number of hydrogen-bond donors (Lipinski definition) is 0. The molecule has 1 amide bonds. The van der Waals surface area contributed by atoms with E-state index in [1.807, 2.05) is 23.1 Å². The Balaban J connectivity index is 1.44.